The first-order chi connectivity index (χ1) is 9.02. The van der Waals surface area contributed by atoms with Crippen LogP contribution in [0.4, 0.5) is 0 Å². The van der Waals surface area contributed by atoms with Crippen LogP contribution in [-0.2, 0) is 19.6 Å². The van der Waals surface area contributed by atoms with Crippen molar-refractivity contribution in [2.45, 2.75) is 11.8 Å². The van der Waals surface area contributed by atoms with E-state index in [4.69, 9.17) is 4.74 Å². The SMILES string of the molecule is C=CCN(CC(=O)OCC)S(=O)(=O)c1ccccc1. The van der Waals surface area contributed by atoms with Gasteiger partial charge in [-0.25, -0.2) is 8.42 Å². The molecule has 104 valence electrons. The first kappa shape index (κ1) is 15.4. The highest BCUT2D eigenvalue weighted by Crippen LogP contribution is 2.14. The standard InChI is InChI=1S/C13H17NO4S/c1-3-10-14(11-13(15)18-4-2)19(16,17)12-8-6-5-7-9-12/h3,5-9H,1,4,10-11H2,2H3. The van der Waals surface area contributed by atoms with Gasteiger partial charge in [-0.2, -0.15) is 4.31 Å². The van der Waals surface area contributed by atoms with Gasteiger partial charge >= 0.3 is 5.97 Å². The molecule has 0 aliphatic rings. The Bertz CT molecular complexity index is 525. The normalized spacial score (nSPS) is 11.3. The molecule has 5 nitrogen and oxygen atoms in total. The zero-order valence-electron chi connectivity index (χ0n) is 10.8. The predicted octanol–water partition coefficient (Wildman–Crippen LogP) is 1.43. The highest BCUT2D eigenvalue weighted by Gasteiger charge is 2.25. The van der Waals surface area contributed by atoms with E-state index in [1.807, 2.05) is 0 Å². The van der Waals surface area contributed by atoms with Crippen molar-refractivity contribution < 1.29 is 17.9 Å². The molecule has 6 heteroatoms. The zero-order valence-corrected chi connectivity index (χ0v) is 11.6. The molecular weight excluding hydrogens is 266 g/mol. The summed E-state index contributed by atoms with van der Waals surface area (Å²) in [6.07, 6.45) is 1.43. The van der Waals surface area contributed by atoms with Gasteiger partial charge in [0.1, 0.15) is 6.54 Å². The monoisotopic (exact) mass is 283 g/mol. The summed E-state index contributed by atoms with van der Waals surface area (Å²) in [5.74, 6) is -0.580. The second-order valence-electron chi connectivity index (χ2n) is 3.70. The summed E-state index contributed by atoms with van der Waals surface area (Å²) in [5, 5.41) is 0. The molecule has 0 aliphatic carbocycles. The number of carbonyl (C=O) groups excluding carboxylic acids is 1. The molecule has 0 aromatic heterocycles. The summed E-state index contributed by atoms with van der Waals surface area (Å²) < 4.78 is 30.5. The number of hydrogen-bond donors (Lipinski definition) is 0. The van der Waals surface area contributed by atoms with Gasteiger partial charge in [0.15, 0.2) is 0 Å². The molecule has 0 saturated carbocycles. The molecule has 1 rings (SSSR count). The topological polar surface area (TPSA) is 63.7 Å². The smallest absolute Gasteiger partial charge is 0.321 e. The highest BCUT2D eigenvalue weighted by molar-refractivity contribution is 7.89. The van der Waals surface area contributed by atoms with Crippen molar-refractivity contribution in [1.29, 1.82) is 0 Å². The van der Waals surface area contributed by atoms with E-state index in [0.717, 1.165) is 4.31 Å². The number of ether oxygens (including phenoxy) is 1. The van der Waals surface area contributed by atoms with E-state index in [1.165, 1.54) is 18.2 Å². The van der Waals surface area contributed by atoms with Gasteiger partial charge in [-0.05, 0) is 19.1 Å². The van der Waals surface area contributed by atoms with Crippen molar-refractivity contribution in [3.8, 4) is 0 Å². The van der Waals surface area contributed by atoms with Gasteiger partial charge in [-0.1, -0.05) is 24.3 Å². The lowest BCUT2D eigenvalue weighted by molar-refractivity contribution is -0.143. The molecule has 0 bridgehead atoms. The number of hydrogen-bond acceptors (Lipinski definition) is 4. The predicted molar refractivity (Wildman–Crippen MR) is 72.0 cm³/mol. The van der Waals surface area contributed by atoms with E-state index in [-0.39, 0.29) is 24.6 Å². The Morgan fingerprint density at radius 3 is 2.53 bits per heavy atom. The van der Waals surface area contributed by atoms with Crippen LogP contribution in [0.15, 0.2) is 47.9 Å². The molecule has 0 saturated heterocycles. The van der Waals surface area contributed by atoms with Crippen LogP contribution in [0.1, 0.15) is 6.92 Å². The molecule has 0 radical (unpaired) electrons. The Hall–Kier alpha value is -1.66. The second-order valence-corrected chi connectivity index (χ2v) is 5.64. The maximum absolute atomic E-state index is 12.3. The van der Waals surface area contributed by atoms with Crippen LogP contribution in [0.25, 0.3) is 0 Å². The number of esters is 1. The number of benzene rings is 1. The molecule has 0 spiro atoms. The van der Waals surface area contributed by atoms with Crippen LogP contribution in [0.3, 0.4) is 0 Å². The van der Waals surface area contributed by atoms with Crippen LogP contribution in [0.5, 0.6) is 0 Å². The fourth-order valence-corrected chi connectivity index (χ4v) is 2.86. The fourth-order valence-electron chi connectivity index (χ4n) is 1.48. The molecule has 1 aromatic carbocycles. The van der Waals surface area contributed by atoms with Gasteiger partial charge in [-0.3, -0.25) is 4.79 Å². The van der Waals surface area contributed by atoms with E-state index >= 15 is 0 Å². The molecule has 0 fully saturated rings. The first-order valence-corrected chi connectivity index (χ1v) is 7.28. The van der Waals surface area contributed by atoms with Gasteiger partial charge in [0.05, 0.1) is 11.5 Å². The van der Waals surface area contributed by atoms with Crippen LogP contribution >= 0.6 is 0 Å². The molecule has 0 atom stereocenters. The minimum absolute atomic E-state index is 0.0516. The summed E-state index contributed by atoms with van der Waals surface area (Å²) in [4.78, 5) is 11.6. The van der Waals surface area contributed by atoms with Crippen molar-refractivity contribution in [3.05, 3.63) is 43.0 Å². The summed E-state index contributed by atoms with van der Waals surface area (Å²) in [6.45, 7) is 5.11. The summed E-state index contributed by atoms with van der Waals surface area (Å²) in [5.41, 5.74) is 0. The molecular formula is C13H17NO4S. The van der Waals surface area contributed by atoms with E-state index in [9.17, 15) is 13.2 Å². The Kier molecular flexibility index (Phi) is 5.72. The Labute approximate surface area is 113 Å². The molecule has 19 heavy (non-hydrogen) atoms. The van der Waals surface area contributed by atoms with Gasteiger partial charge < -0.3 is 4.74 Å². The largest absolute Gasteiger partial charge is 0.465 e. The maximum Gasteiger partial charge on any atom is 0.321 e. The van der Waals surface area contributed by atoms with Gasteiger partial charge in [0.25, 0.3) is 0 Å². The van der Waals surface area contributed by atoms with Crippen molar-refractivity contribution in [2.24, 2.45) is 0 Å². The lowest BCUT2D eigenvalue weighted by atomic mass is 10.4. The van der Waals surface area contributed by atoms with E-state index in [2.05, 4.69) is 6.58 Å². The van der Waals surface area contributed by atoms with Gasteiger partial charge in [0, 0.05) is 6.54 Å². The molecule has 0 unspecified atom stereocenters. The number of rotatable bonds is 7. The molecule has 0 amide bonds. The Balaban J connectivity index is 2.98. The van der Waals surface area contributed by atoms with E-state index in [1.54, 1.807) is 25.1 Å². The van der Waals surface area contributed by atoms with Crippen LogP contribution in [0, 0.1) is 0 Å². The molecule has 0 heterocycles. The third-order valence-corrected chi connectivity index (χ3v) is 4.15. The van der Waals surface area contributed by atoms with Gasteiger partial charge in [0.2, 0.25) is 10.0 Å². The van der Waals surface area contributed by atoms with Crippen molar-refractivity contribution >= 4 is 16.0 Å². The fraction of sp³-hybridized carbons (Fsp3) is 0.308. The van der Waals surface area contributed by atoms with Crippen LogP contribution in [0.2, 0.25) is 0 Å². The van der Waals surface area contributed by atoms with Crippen molar-refractivity contribution in [3.63, 3.8) is 0 Å². The van der Waals surface area contributed by atoms with Crippen molar-refractivity contribution in [1.82, 2.24) is 4.31 Å². The number of sulfonamides is 1. The summed E-state index contributed by atoms with van der Waals surface area (Å²) in [7, 11) is -3.72. The average Bonchev–Trinajstić information content (AvgIpc) is 2.39. The van der Waals surface area contributed by atoms with Crippen LogP contribution in [-0.4, -0.2) is 38.4 Å². The first-order valence-electron chi connectivity index (χ1n) is 5.84. The average molecular weight is 283 g/mol. The molecule has 0 aliphatic heterocycles. The number of nitrogens with zero attached hydrogens (tertiary/aromatic N) is 1. The maximum atomic E-state index is 12.3. The zero-order chi connectivity index (χ0) is 14.3. The highest BCUT2D eigenvalue weighted by atomic mass is 32.2. The Morgan fingerprint density at radius 2 is 2.00 bits per heavy atom. The van der Waals surface area contributed by atoms with Crippen molar-refractivity contribution in [2.75, 3.05) is 19.7 Å². The third kappa shape index (κ3) is 4.18. The lowest BCUT2D eigenvalue weighted by Crippen LogP contribution is -2.36. The van der Waals surface area contributed by atoms with E-state index < -0.39 is 16.0 Å². The second kappa shape index (κ2) is 7.06. The minimum Gasteiger partial charge on any atom is -0.465 e. The molecule has 0 N–H and O–H groups in total. The van der Waals surface area contributed by atoms with E-state index in [0.29, 0.717) is 0 Å². The van der Waals surface area contributed by atoms with Gasteiger partial charge in [-0.15, -0.1) is 6.58 Å². The molecule has 1 aromatic rings. The summed E-state index contributed by atoms with van der Waals surface area (Å²) >= 11 is 0. The van der Waals surface area contributed by atoms with Crippen LogP contribution < -0.4 is 0 Å². The lowest BCUT2D eigenvalue weighted by Gasteiger charge is -2.19. The minimum atomic E-state index is -3.72. The quantitative estimate of drug-likeness (QED) is 0.561. The third-order valence-electron chi connectivity index (χ3n) is 2.32. The summed E-state index contributed by atoms with van der Waals surface area (Å²) in [6, 6.07) is 7.95. The number of carbonyl (C=O) groups is 1. The Morgan fingerprint density at radius 1 is 1.37 bits per heavy atom.